The van der Waals surface area contributed by atoms with E-state index >= 15 is 0 Å². The zero-order valence-electron chi connectivity index (χ0n) is 21.6. The molecule has 3 aromatic rings. The smallest absolute Gasteiger partial charge is 0.261 e. The van der Waals surface area contributed by atoms with Gasteiger partial charge in [-0.25, -0.2) is 0 Å². The molecule has 0 aliphatic rings. The predicted molar refractivity (Wildman–Crippen MR) is 142 cm³/mol. The van der Waals surface area contributed by atoms with E-state index in [0.717, 1.165) is 16.7 Å². The maximum absolute atomic E-state index is 13.7. The molecule has 36 heavy (non-hydrogen) atoms. The number of hydrogen-bond donors (Lipinski definition) is 1. The summed E-state index contributed by atoms with van der Waals surface area (Å²) in [6, 6.07) is 24.3. The molecule has 0 saturated carbocycles. The number of para-hydroxylation sites is 2. The molecule has 2 amide bonds. The van der Waals surface area contributed by atoms with Gasteiger partial charge in [0.05, 0.1) is 7.11 Å². The van der Waals surface area contributed by atoms with E-state index in [4.69, 9.17) is 9.47 Å². The van der Waals surface area contributed by atoms with E-state index in [0.29, 0.717) is 36.9 Å². The second-order valence-electron chi connectivity index (χ2n) is 9.29. The average Bonchev–Trinajstić information content (AvgIpc) is 2.88. The molecule has 0 unspecified atom stereocenters. The highest BCUT2D eigenvalue weighted by molar-refractivity contribution is 5.88. The molecule has 0 bridgehead atoms. The highest BCUT2D eigenvalue weighted by Crippen LogP contribution is 2.26. The van der Waals surface area contributed by atoms with Crippen LogP contribution in [0.15, 0.2) is 78.9 Å². The number of hydrogen-bond acceptors (Lipinski definition) is 4. The number of methoxy groups -OCH3 is 1. The molecule has 0 radical (unpaired) electrons. The van der Waals surface area contributed by atoms with Crippen LogP contribution in [-0.2, 0) is 22.6 Å². The van der Waals surface area contributed by atoms with Crippen molar-refractivity contribution >= 4 is 11.8 Å². The Morgan fingerprint density at radius 3 is 2.22 bits per heavy atom. The van der Waals surface area contributed by atoms with E-state index in [-0.39, 0.29) is 18.4 Å². The third-order valence-electron chi connectivity index (χ3n) is 5.81. The molecule has 1 N–H and O–H groups in total. The lowest BCUT2D eigenvalue weighted by molar-refractivity contribution is -0.142. The Morgan fingerprint density at radius 1 is 0.889 bits per heavy atom. The lowest BCUT2D eigenvalue weighted by Crippen LogP contribution is -2.52. The Bertz CT molecular complexity index is 1130. The van der Waals surface area contributed by atoms with Crippen LogP contribution in [0.4, 0.5) is 0 Å². The molecular formula is C30H36N2O4. The predicted octanol–water partition coefficient (Wildman–Crippen LogP) is 4.79. The van der Waals surface area contributed by atoms with Crippen molar-refractivity contribution in [3.63, 3.8) is 0 Å². The minimum absolute atomic E-state index is 0.175. The van der Waals surface area contributed by atoms with E-state index in [1.54, 1.807) is 24.1 Å². The van der Waals surface area contributed by atoms with Gasteiger partial charge in [-0.3, -0.25) is 9.59 Å². The van der Waals surface area contributed by atoms with Crippen molar-refractivity contribution in [1.29, 1.82) is 0 Å². The summed E-state index contributed by atoms with van der Waals surface area (Å²) in [7, 11) is 1.56. The van der Waals surface area contributed by atoms with Crippen LogP contribution in [0.3, 0.4) is 0 Å². The molecule has 0 aromatic heterocycles. The van der Waals surface area contributed by atoms with Crippen molar-refractivity contribution in [2.45, 2.75) is 39.8 Å². The number of ether oxygens (including phenoxy) is 2. The zero-order valence-corrected chi connectivity index (χ0v) is 21.6. The van der Waals surface area contributed by atoms with Crippen LogP contribution >= 0.6 is 0 Å². The third-order valence-corrected chi connectivity index (χ3v) is 5.81. The number of carbonyl (C=O) groups is 2. The molecule has 3 aromatic carbocycles. The van der Waals surface area contributed by atoms with Crippen LogP contribution in [-0.4, -0.2) is 43.0 Å². The van der Waals surface area contributed by atoms with E-state index in [2.05, 4.69) is 5.32 Å². The van der Waals surface area contributed by atoms with Gasteiger partial charge in [0, 0.05) is 19.5 Å². The van der Waals surface area contributed by atoms with Gasteiger partial charge in [0.1, 0.15) is 6.04 Å². The fourth-order valence-electron chi connectivity index (χ4n) is 3.94. The molecule has 0 saturated heterocycles. The summed E-state index contributed by atoms with van der Waals surface area (Å²) in [5.41, 5.74) is 3.03. The molecule has 0 fully saturated rings. The summed E-state index contributed by atoms with van der Waals surface area (Å²) in [4.78, 5) is 28.8. The van der Waals surface area contributed by atoms with Crippen LogP contribution in [0.1, 0.15) is 30.5 Å². The Labute approximate surface area is 214 Å². The first kappa shape index (κ1) is 26.8. The Balaban J connectivity index is 1.91. The fraction of sp³-hybridized carbons (Fsp3) is 0.333. The van der Waals surface area contributed by atoms with Crippen molar-refractivity contribution in [2.75, 3.05) is 20.3 Å². The van der Waals surface area contributed by atoms with Gasteiger partial charge in [0.25, 0.3) is 5.91 Å². The lowest BCUT2D eigenvalue weighted by Gasteiger charge is -2.32. The third kappa shape index (κ3) is 7.87. The van der Waals surface area contributed by atoms with Gasteiger partial charge < -0.3 is 19.7 Å². The zero-order chi connectivity index (χ0) is 25.9. The van der Waals surface area contributed by atoms with Crippen LogP contribution in [0.2, 0.25) is 0 Å². The van der Waals surface area contributed by atoms with E-state index in [1.165, 1.54) is 0 Å². The summed E-state index contributed by atoms with van der Waals surface area (Å²) in [6.07, 6.45) is 0.400. The number of benzene rings is 3. The summed E-state index contributed by atoms with van der Waals surface area (Å²) in [5.74, 6) is 0.869. The van der Waals surface area contributed by atoms with Gasteiger partial charge >= 0.3 is 0 Å². The van der Waals surface area contributed by atoms with E-state index in [1.807, 2.05) is 87.5 Å². The first-order valence-electron chi connectivity index (χ1n) is 12.3. The van der Waals surface area contributed by atoms with Crippen LogP contribution in [0.5, 0.6) is 11.5 Å². The Morgan fingerprint density at radius 2 is 1.56 bits per heavy atom. The largest absolute Gasteiger partial charge is 0.493 e. The van der Waals surface area contributed by atoms with Crippen LogP contribution in [0.25, 0.3) is 0 Å². The van der Waals surface area contributed by atoms with Crippen LogP contribution in [0, 0.1) is 12.8 Å². The van der Waals surface area contributed by atoms with Gasteiger partial charge in [0.2, 0.25) is 5.91 Å². The molecule has 0 aliphatic carbocycles. The molecule has 3 rings (SSSR count). The minimum Gasteiger partial charge on any atom is -0.493 e. The first-order chi connectivity index (χ1) is 17.4. The number of carbonyl (C=O) groups excluding carboxylic acids is 2. The summed E-state index contributed by atoms with van der Waals surface area (Å²) >= 11 is 0. The monoisotopic (exact) mass is 488 g/mol. The standard InChI is InChI=1S/C30H36N2O4/c1-22(2)19-31-30(34)26(18-24-12-6-5-7-13-24)32(20-25-14-10-11-23(3)17-25)29(33)21-36-28-16-9-8-15-27(28)35-4/h5-17,22,26H,18-21H2,1-4H3,(H,31,34)/t26-/m1/s1. The summed E-state index contributed by atoms with van der Waals surface area (Å²) < 4.78 is 11.2. The maximum Gasteiger partial charge on any atom is 0.261 e. The number of nitrogens with zero attached hydrogens (tertiary/aromatic N) is 1. The number of aryl methyl sites for hydroxylation is 1. The Kier molecular flexibility index (Phi) is 9.92. The number of amides is 2. The minimum atomic E-state index is -0.694. The highest BCUT2D eigenvalue weighted by atomic mass is 16.5. The van der Waals surface area contributed by atoms with Gasteiger partial charge in [0.15, 0.2) is 18.1 Å². The number of nitrogens with one attached hydrogen (secondary N) is 1. The van der Waals surface area contributed by atoms with Gasteiger partial charge in [-0.2, -0.15) is 0 Å². The average molecular weight is 489 g/mol. The van der Waals surface area contributed by atoms with Gasteiger partial charge in [-0.15, -0.1) is 0 Å². The second-order valence-corrected chi connectivity index (χ2v) is 9.29. The first-order valence-corrected chi connectivity index (χ1v) is 12.3. The molecular weight excluding hydrogens is 452 g/mol. The summed E-state index contributed by atoms with van der Waals surface area (Å²) in [6.45, 7) is 6.72. The molecule has 1 atom stereocenters. The van der Waals surface area contributed by atoms with Crippen LogP contribution < -0.4 is 14.8 Å². The molecule has 190 valence electrons. The normalized spacial score (nSPS) is 11.6. The molecule has 0 spiro atoms. The molecule has 6 nitrogen and oxygen atoms in total. The second kappa shape index (κ2) is 13.3. The van der Waals surface area contributed by atoms with E-state index < -0.39 is 6.04 Å². The lowest BCUT2D eigenvalue weighted by atomic mass is 10.0. The number of rotatable bonds is 12. The quantitative estimate of drug-likeness (QED) is 0.398. The Hall–Kier alpha value is -3.80. The maximum atomic E-state index is 13.7. The van der Waals surface area contributed by atoms with Gasteiger partial charge in [-0.05, 0) is 36.1 Å². The molecule has 0 aliphatic heterocycles. The summed E-state index contributed by atoms with van der Waals surface area (Å²) in [5, 5.41) is 3.03. The van der Waals surface area contributed by atoms with Crippen molar-refractivity contribution < 1.29 is 19.1 Å². The van der Waals surface area contributed by atoms with Crippen molar-refractivity contribution in [3.05, 3.63) is 95.6 Å². The highest BCUT2D eigenvalue weighted by Gasteiger charge is 2.31. The van der Waals surface area contributed by atoms with Crippen molar-refractivity contribution in [1.82, 2.24) is 10.2 Å². The SMILES string of the molecule is COc1ccccc1OCC(=O)N(Cc1cccc(C)c1)[C@H](Cc1ccccc1)C(=O)NCC(C)C. The van der Waals surface area contributed by atoms with E-state index in [9.17, 15) is 9.59 Å². The van der Waals surface area contributed by atoms with Crippen molar-refractivity contribution in [3.8, 4) is 11.5 Å². The topological polar surface area (TPSA) is 67.9 Å². The molecule has 0 heterocycles. The fourth-order valence-corrected chi connectivity index (χ4v) is 3.94. The van der Waals surface area contributed by atoms with Crippen molar-refractivity contribution in [2.24, 2.45) is 5.92 Å². The van der Waals surface area contributed by atoms with Gasteiger partial charge in [-0.1, -0.05) is 86.1 Å². The molecule has 6 heteroatoms.